The lowest BCUT2D eigenvalue weighted by Gasteiger charge is -2.26. The van der Waals surface area contributed by atoms with Crippen molar-refractivity contribution < 1.29 is 14.3 Å². The van der Waals surface area contributed by atoms with Crippen molar-refractivity contribution in [3.63, 3.8) is 0 Å². The molecule has 1 fully saturated rings. The second-order valence-corrected chi connectivity index (χ2v) is 7.98. The molecule has 2 aliphatic rings. The molecule has 4 rings (SSSR count). The van der Waals surface area contributed by atoms with Gasteiger partial charge in [0.2, 0.25) is 12.7 Å². The fourth-order valence-electron chi connectivity index (χ4n) is 3.75. The number of thiazole rings is 1. The number of benzene rings is 1. The number of aromatic nitrogens is 1. The third-order valence-electron chi connectivity index (χ3n) is 5.14. The Morgan fingerprint density at radius 3 is 2.69 bits per heavy atom. The maximum absolute atomic E-state index is 13.3. The molecule has 2 aromatic rings. The highest BCUT2D eigenvalue weighted by Crippen LogP contribution is 2.33. The van der Waals surface area contributed by atoms with Crippen LogP contribution in [0, 0.1) is 5.92 Å². The van der Waals surface area contributed by atoms with E-state index in [0.29, 0.717) is 13.1 Å². The summed E-state index contributed by atoms with van der Waals surface area (Å²) in [5, 5.41) is 2.94. The third kappa shape index (κ3) is 4.01. The van der Waals surface area contributed by atoms with E-state index in [2.05, 4.69) is 4.98 Å². The van der Waals surface area contributed by atoms with Crippen LogP contribution in [0.25, 0.3) is 0 Å². The van der Waals surface area contributed by atoms with Crippen molar-refractivity contribution >= 4 is 17.2 Å². The van der Waals surface area contributed by atoms with Gasteiger partial charge in [0.05, 0.1) is 6.54 Å². The quantitative estimate of drug-likeness (QED) is 0.731. The number of carbonyl (C=O) groups excluding carboxylic acids is 1. The SMILES string of the molecule is O=C(C1CCCCCC1)N(Cc1ccc2c(c1)OCO2)Cc1nccs1. The van der Waals surface area contributed by atoms with Gasteiger partial charge in [0, 0.05) is 24.0 Å². The van der Waals surface area contributed by atoms with Gasteiger partial charge in [0.1, 0.15) is 5.01 Å². The number of fused-ring (bicyclic) bond motifs is 1. The van der Waals surface area contributed by atoms with Crippen LogP contribution in [0.15, 0.2) is 29.8 Å². The molecular formula is C20H24N2O3S. The number of carbonyl (C=O) groups is 1. The van der Waals surface area contributed by atoms with Gasteiger partial charge in [-0.1, -0.05) is 31.7 Å². The van der Waals surface area contributed by atoms with E-state index in [-0.39, 0.29) is 18.6 Å². The third-order valence-corrected chi connectivity index (χ3v) is 5.90. The molecule has 1 saturated carbocycles. The lowest BCUT2D eigenvalue weighted by atomic mass is 9.98. The van der Waals surface area contributed by atoms with E-state index in [9.17, 15) is 4.79 Å². The molecule has 0 unspecified atom stereocenters. The molecule has 0 atom stereocenters. The summed E-state index contributed by atoms with van der Waals surface area (Å²) in [6.45, 7) is 1.41. The van der Waals surface area contributed by atoms with Crippen LogP contribution >= 0.6 is 11.3 Å². The predicted octanol–water partition coefficient (Wildman–Crippen LogP) is 4.37. The molecule has 2 heterocycles. The van der Waals surface area contributed by atoms with E-state index in [4.69, 9.17) is 9.47 Å². The number of hydrogen-bond donors (Lipinski definition) is 0. The van der Waals surface area contributed by atoms with Gasteiger partial charge in [-0.25, -0.2) is 4.98 Å². The second kappa shape index (κ2) is 8.08. The molecule has 138 valence electrons. The van der Waals surface area contributed by atoms with Crippen molar-refractivity contribution in [2.45, 2.75) is 51.6 Å². The van der Waals surface area contributed by atoms with Crippen LogP contribution in [-0.4, -0.2) is 22.6 Å². The van der Waals surface area contributed by atoms with Crippen LogP contribution in [0.4, 0.5) is 0 Å². The van der Waals surface area contributed by atoms with Gasteiger partial charge in [-0.2, -0.15) is 0 Å². The van der Waals surface area contributed by atoms with Gasteiger partial charge in [0.15, 0.2) is 11.5 Å². The van der Waals surface area contributed by atoms with Gasteiger partial charge < -0.3 is 14.4 Å². The Morgan fingerprint density at radius 2 is 1.92 bits per heavy atom. The minimum atomic E-state index is 0.145. The fraction of sp³-hybridized carbons (Fsp3) is 0.500. The summed E-state index contributed by atoms with van der Waals surface area (Å²) in [6.07, 6.45) is 8.63. The first kappa shape index (κ1) is 17.3. The van der Waals surface area contributed by atoms with E-state index in [1.165, 1.54) is 12.8 Å². The highest BCUT2D eigenvalue weighted by molar-refractivity contribution is 7.09. The largest absolute Gasteiger partial charge is 0.454 e. The van der Waals surface area contributed by atoms with Gasteiger partial charge in [-0.3, -0.25) is 4.79 Å². The Balaban J connectivity index is 1.52. The summed E-state index contributed by atoms with van der Waals surface area (Å²) >= 11 is 1.60. The van der Waals surface area contributed by atoms with Crippen LogP contribution in [0.5, 0.6) is 11.5 Å². The molecule has 0 saturated heterocycles. The summed E-state index contributed by atoms with van der Waals surface area (Å²) < 4.78 is 10.9. The Morgan fingerprint density at radius 1 is 1.12 bits per heavy atom. The molecule has 0 spiro atoms. The van der Waals surface area contributed by atoms with Crippen molar-refractivity contribution in [3.05, 3.63) is 40.3 Å². The van der Waals surface area contributed by atoms with Gasteiger partial charge in [-0.15, -0.1) is 11.3 Å². The summed E-state index contributed by atoms with van der Waals surface area (Å²) in [7, 11) is 0. The van der Waals surface area contributed by atoms with Crippen molar-refractivity contribution in [2.24, 2.45) is 5.92 Å². The van der Waals surface area contributed by atoms with E-state index < -0.39 is 0 Å². The summed E-state index contributed by atoms with van der Waals surface area (Å²) in [5.41, 5.74) is 1.06. The molecule has 1 aromatic heterocycles. The minimum Gasteiger partial charge on any atom is -0.454 e. The highest BCUT2D eigenvalue weighted by Gasteiger charge is 2.26. The Labute approximate surface area is 157 Å². The zero-order valence-electron chi connectivity index (χ0n) is 14.9. The van der Waals surface area contributed by atoms with Crippen LogP contribution in [0.1, 0.15) is 49.1 Å². The van der Waals surface area contributed by atoms with Crippen LogP contribution in [-0.2, 0) is 17.9 Å². The molecule has 0 bridgehead atoms. The summed E-state index contributed by atoms with van der Waals surface area (Å²) in [6, 6.07) is 5.93. The van der Waals surface area contributed by atoms with E-state index in [0.717, 1.165) is 47.8 Å². The summed E-state index contributed by atoms with van der Waals surface area (Å²) in [4.78, 5) is 19.6. The van der Waals surface area contributed by atoms with Gasteiger partial charge in [-0.05, 0) is 30.5 Å². The van der Waals surface area contributed by atoms with E-state index >= 15 is 0 Å². The molecule has 26 heavy (non-hydrogen) atoms. The Bertz CT molecular complexity index is 740. The van der Waals surface area contributed by atoms with Crippen LogP contribution in [0.3, 0.4) is 0 Å². The Hall–Kier alpha value is -2.08. The first-order valence-electron chi connectivity index (χ1n) is 9.35. The smallest absolute Gasteiger partial charge is 0.231 e. The van der Waals surface area contributed by atoms with Crippen LogP contribution in [0.2, 0.25) is 0 Å². The molecular weight excluding hydrogens is 348 g/mol. The molecule has 1 aliphatic carbocycles. The molecule has 1 aliphatic heterocycles. The maximum Gasteiger partial charge on any atom is 0.231 e. The lowest BCUT2D eigenvalue weighted by molar-refractivity contribution is -0.137. The number of amides is 1. The lowest BCUT2D eigenvalue weighted by Crippen LogP contribution is -2.35. The topological polar surface area (TPSA) is 51.7 Å². The van der Waals surface area contributed by atoms with Crippen LogP contribution < -0.4 is 9.47 Å². The predicted molar refractivity (Wildman–Crippen MR) is 100 cm³/mol. The monoisotopic (exact) mass is 372 g/mol. The van der Waals surface area contributed by atoms with E-state index in [1.807, 2.05) is 28.5 Å². The molecule has 5 nitrogen and oxygen atoms in total. The number of hydrogen-bond acceptors (Lipinski definition) is 5. The average molecular weight is 372 g/mol. The maximum atomic E-state index is 13.3. The first-order chi connectivity index (χ1) is 12.8. The fourth-order valence-corrected chi connectivity index (χ4v) is 4.38. The summed E-state index contributed by atoms with van der Waals surface area (Å²) in [5.74, 6) is 1.94. The minimum absolute atomic E-state index is 0.145. The molecule has 6 heteroatoms. The van der Waals surface area contributed by atoms with Crippen molar-refractivity contribution in [1.82, 2.24) is 9.88 Å². The standard InChI is InChI=1S/C20H24N2O3S/c23-20(16-5-3-1-2-4-6-16)22(13-19-21-9-10-26-19)12-15-7-8-17-18(11-15)25-14-24-17/h7-11,16H,1-6,12-14H2. The van der Waals surface area contributed by atoms with Gasteiger partial charge >= 0.3 is 0 Å². The zero-order valence-corrected chi connectivity index (χ0v) is 15.7. The Kier molecular flexibility index (Phi) is 5.39. The number of rotatable bonds is 5. The zero-order chi connectivity index (χ0) is 17.8. The van der Waals surface area contributed by atoms with Crippen molar-refractivity contribution in [2.75, 3.05) is 6.79 Å². The van der Waals surface area contributed by atoms with Crippen molar-refractivity contribution in [1.29, 1.82) is 0 Å². The normalized spacial score (nSPS) is 17.1. The highest BCUT2D eigenvalue weighted by atomic mass is 32.1. The first-order valence-corrected chi connectivity index (χ1v) is 10.2. The number of ether oxygens (including phenoxy) is 2. The van der Waals surface area contributed by atoms with Gasteiger partial charge in [0.25, 0.3) is 0 Å². The molecule has 0 N–H and O–H groups in total. The average Bonchev–Trinajstić information content (AvgIpc) is 3.26. The second-order valence-electron chi connectivity index (χ2n) is 7.00. The molecule has 1 amide bonds. The van der Waals surface area contributed by atoms with Crippen molar-refractivity contribution in [3.8, 4) is 11.5 Å². The molecule has 0 radical (unpaired) electrons. The number of nitrogens with zero attached hydrogens (tertiary/aromatic N) is 2. The van der Waals surface area contributed by atoms with E-state index in [1.54, 1.807) is 17.5 Å². The molecule has 1 aromatic carbocycles.